The van der Waals surface area contributed by atoms with Crippen molar-refractivity contribution in [3.8, 4) is 0 Å². The number of methoxy groups -OCH3 is 1. The van der Waals surface area contributed by atoms with Crippen molar-refractivity contribution in [1.82, 2.24) is 5.32 Å². The van der Waals surface area contributed by atoms with Crippen molar-refractivity contribution in [1.29, 1.82) is 0 Å². The van der Waals surface area contributed by atoms with Crippen molar-refractivity contribution in [3.63, 3.8) is 0 Å². The molecule has 0 spiro atoms. The van der Waals surface area contributed by atoms with Crippen LogP contribution in [0.1, 0.15) is 10.4 Å². The molecule has 0 bridgehead atoms. The van der Waals surface area contributed by atoms with Gasteiger partial charge in [0.25, 0.3) is 5.91 Å². The molecule has 0 aliphatic rings. The molecule has 5 nitrogen and oxygen atoms in total. The van der Waals surface area contributed by atoms with E-state index >= 15 is 0 Å². The van der Waals surface area contributed by atoms with Crippen molar-refractivity contribution in [2.24, 2.45) is 0 Å². The van der Waals surface area contributed by atoms with Gasteiger partial charge in [-0.1, -0.05) is 22.0 Å². The highest BCUT2D eigenvalue weighted by Crippen LogP contribution is 2.11. The number of aliphatic hydroxyl groups is 1. The summed E-state index contributed by atoms with van der Waals surface area (Å²) in [5.41, 5.74) is 0.390. The van der Waals surface area contributed by atoms with Crippen LogP contribution in [0.25, 0.3) is 0 Å². The van der Waals surface area contributed by atoms with Crippen LogP contribution in [0.2, 0.25) is 0 Å². The summed E-state index contributed by atoms with van der Waals surface area (Å²) in [7, 11) is 1.19. The Bertz CT molecular complexity index is 422. The Morgan fingerprint density at radius 3 is 2.76 bits per heavy atom. The lowest BCUT2D eigenvalue weighted by Crippen LogP contribution is -2.44. The van der Waals surface area contributed by atoms with E-state index < -0.39 is 24.5 Å². The third-order valence-electron chi connectivity index (χ3n) is 2.06. The summed E-state index contributed by atoms with van der Waals surface area (Å²) in [4.78, 5) is 22.9. The largest absolute Gasteiger partial charge is 0.467 e. The summed E-state index contributed by atoms with van der Waals surface area (Å²) in [5.74, 6) is -1.13. The minimum atomic E-state index is -1.05. The van der Waals surface area contributed by atoms with Crippen molar-refractivity contribution in [2.75, 3.05) is 13.7 Å². The molecular formula is C11H12BrNO4. The van der Waals surface area contributed by atoms with Crippen molar-refractivity contribution in [2.45, 2.75) is 6.04 Å². The molecule has 0 saturated heterocycles. The zero-order chi connectivity index (χ0) is 12.8. The lowest BCUT2D eigenvalue weighted by Gasteiger charge is -2.13. The average molecular weight is 302 g/mol. The summed E-state index contributed by atoms with van der Waals surface area (Å²) in [6, 6.07) is 5.64. The van der Waals surface area contributed by atoms with Crippen molar-refractivity contribution < 1.29 is 19.4 Å². The SMILES string of the molecule is COC(=O)C(CO)NC(=O)c1cccc(Br)c1. The number of halogens is 1. The van der Waals surface area contributed by atoms with Gasteiger partial charge in [0.2, 0.25) is 0 Å². The lowest BCUT2D eigenvalue weighted by atomic mass is 10.2. The Kier molecular flexibility index (Phi) is 5.11. The summed E-state index contributed by atoms with van der Waals surface area (Å²) in [6.07, 6.45) is 0. The van der Waals surface area contributed by atoms with Crippen LogP contribution in [-0.2, 0) is 9.53 Å². The first-order valence-corrected chi connectivity index (χ1v) is 5.63. The average Bonchev–Trinajstić information content (AvgIpc) is 2.34. The number of carbonyl (C=O) groups is 2. The van der Waals surface area contributed by atoms with Gasteiger partial charge in [-0.25, -0.2) is 4.79 Å². The van der Waals surface area contributed by atoms with Gasteiger partial charge in [0.05, 0.1) is 13.7 Å². The van der Waals surface area contributed by atoms with Crippen LogP contribution >= 0.6 is 15.9 Å². The molecule has 2 N–H and O–H groups in total. The number of nitrogens with one attached hydrogen (secondary N) is 1. The van der Waals surface area contributed by atoms with E-state index in [1.54, 1.807) is 24.3 Å². The van der Waals surface area contributed by atoms with E-state index in [1.165, 1.54) is 7.11 Å². The first-order chi connectivity index (χ1) is 8.08. The van der Waals surface area contributed by atoms with Crippen LogP contribution in [0.3, 0.4) is 0 Å². The maximum absolute atomic E-state index is 11.7. The highest BCUT2D eigenvalue weighted by atomic mass is 79.9. The van der Waals surface area contributed by atoms with E-state index in [4.69, 9.17) is 5.11 Å². The van der Waals surface area contributed by atoms with Crippen LogP contribution in [0.4, 0.5) is 0 Å². The maximum atomic E-state index is 11.7. The molecule has 1 atom stereocenters. The fourth-order valence-electron chi connectivity index (χ4n) is 1.19. The van der Waals surface area contributed by atoms with Crippen LogP contribution < -0.4 is 5.32 Å². The van der Waals surface area contributed by atoms with E-state index in [0.29, 0.717) is 5.56 Å². The van der Waals surface area contributed by atoms with Crippen molar-refractivity contribution in [3.05, 3.63) is 34.3 Å². The fourth-order valence-corrected chi connectivity index (χ4v) is 1.59. The zero-order valence-corrected chi connectivity index (χ0v) is 10.7. The number of hydrogen-bond donors (Lipinski definition) is 2. The molecule has 1 amide bonds. The quantitative estimate of drug-likeness (QED) is 0.803. The van der Waals surface area contributed by atoms with Gasteiger partial charge >= 0.3 is 5.97 Å². The Morgan fingerprint density at radius 2 is 2.24 bits per heavy atom. The van der Waals surface area contributed by atoms with E-state index in [1.807, 2.05) is 0 Å². The molecule has 1 unspecified atom stereocenters. The molecule has 1 rings (SSSR count). The molecule has 0 radical (unpaired) electrons. The highest BCUT2D eigenvalue weighted by Gasteiger charge is 2.20. The number of carbonyl (C=O) groups excluding carboxylic acids is 2. The summed E-state index contributed by atoms with van der Waals surface area (Å²) in [5, 5.41) is 11.3. The molecular weight excluding hydrogens is 290 g/mol. The molecule has 0 aliphatic carbocycles. The molecule has 17 heavy (non-hydrogen) atoms. The highest BCUT2D eigenvalue weighted by molar-refractivity contribution is 9.10. The third-order valence-corrected chi connectivity index (χ3v) is 2.55. The lowest BCUT2D eigenvalue weighted by molar-refractivity contribution is -0.143. The molecule has 92 valence electrons. The number of hydrogen-bond acceptors (Lipinski definition) is 4. The minimum absolute atomic E-state index is 0.390. The molecule has 0 aliphatic heterocycles. The topological polar surface area (TPSA) is 75.6 Å². The van der Waals surface area contributed by atoms with Gasteiger partial charge in [-0.2, -0.15) is 0 Å². The first-order valence-electron chi connectivity index (χ1n) is 4.83. The van der Waals surface area contributed by atoms with Gasteiger partial charge in [-0.15, -0.1) is 0 Å². The van der Waals surface area contributed by atoms with Gasteiger partial charge < -0.3 is 15.2 Å². The Balaban J connectivity index is 2.74. The molecule has 0 saturated carbocycles. The van der Waals surface area contributed by atoms with Crippen LogP contribution in [0.5, 0.6) is 0 Å². The van der Waals surface area contributed by atoms with Crippen LogP contribution in [0.15, 0.2) is 28.7 Å². The van der Waals surface area contributed by atoms with Gasteiger partial charge in [0.1, 0.15) is 0 Å². The number of ether oxygens (including phenoxy) is 1. The van der Waals surface area contributed by atoms with Gasteiger partial charge in [-0.3, -0.25) is 4.79 Å². The van der Waals surface area contributed by atoms with Crippen LogP contribution in [-0.4, -0.2) is 36.7 Å². The minimum Gasteiger partial charge on any atom is -0.467 e. The maximum Gasteiger partial charge on any atom is 0.330 e. The predicted molar refractivity (Wildman–Crippen MR) is 64.5 cm³/mol. The summed E-state index contributed by atoms with van der Waals surface area (Å²) < 4.78 is 5.19. The van der Waals surface area contributed by atoms with Gasteiger partial charge in [-0.05, 0) is 18.2 Å². The number of benzene rings is 1. The molecule has 0 aromatic heterocycles. The summed E-state index contributed by atoms with van der Waals surface area (Å²) >= 11 is 3.24. The van der Waals surface area contributed by atoms with E-state index in [-0.39, 0.29) is 0 Å². The standard InChI is InChI=1S/C11H12BrNO4/c1-17-11(16)9(6-14)13-10(15)7-3-2-4-8(12)5-7/h2-5,9,14H,6H2,1H3,(H,13,15). The Labute approximate surface area is 107 Å². The monoisotopic (exact) mass is 301 g/mol. The van der Waals surface area contributed by atoms with Gasteiger partial charge in [0, 0.05) is 10.0 Å². The smallest absolute Gasteiger partial charge is 0.330 e. The van der Waals surface area contributed by atoms with Crippen molar-refractivity contribution >= 4 is 27.8 Å². The molecule has 1 aromatic carbocycles. The Hall–Kier alpha value is -1.40. The normalized spacial score (nSPS) is 11.7. The number of aliphatic hydroxyl groups excluding tert-OH is 1. The number of esters is 1. The van der Waals surface area contributed by atoms with Crippen LogP contribution in [0, 0.1) is 0 Å². The molecule has 1 aromatic rings. The first kappa shape index (κ1) is 13.7. The fraction of sp³-hybridized carbons (Fsp3) is 0.273. The third kappa shape index (κ3) is 3.83. The molecule has 6 heteroatoms. The second-order valence-corrected chi connectivity index (χ2v) is 4.16. The van der Waals surface area contributed by atoms with E-state index in [2.05, 4.69) is 26.0 Å². The second kappa shape index (κ2) is 6.36. The molecule has 0 fully saturated rings. The Morgan fingerprint density at radius 1 is 1.53 bits per heavy atom. The second-order valence-electron chi connectivity index (χ2n) is 3.24. The zero-order valence-electron chi connectivity index (χ0n) is 9.14. The van der Waals surface area contributed by atoms with E-state index in [9.17, 15) is 9.59 Å². The predicted octanol–water partition coefficient (Wildman–Crippen LogP) is 0.713. The molecule has 0 heterocycles. The van der Waals surface area contributed by atoms with E-state index in [0.717, 1.165) is 4.47 Å². The number of amides is 1. The van der Waals surface area contributed by atoms with Gasteiger partial charge in [0.15, 0.2) is 6.04 Å². The number of rotatable bonds is 4. The summed E-state index contributed by atoms with van der Waals surface area (Å²) in [6.45, 7) is -0.508.